The Morgan fingerprint density at radius 3 is 2.16 bits per heavy atom. The molecule has 0 amide bonds. The van der Waals surface area contributed by atoms with Gasteiger partial charge in [-0.05, 0) is 55.4 Å². The van der Waals surface area contributed by atoms with E-state index in [1.54, 1.807) is 0 Å². The van der Waals surface area contributed by atoms with Gasteiger partial charge in [0, 0.05) is 25.3 Å². The quantitative estimate of drug-likeness (QED) is 0.479. The number of aromatic nitrogens is 1. The Morgan fingerprint density at radius 2 is 1.62 bits per heavy atom. The second-order valence-corrected chi connectivity index (χ2v) is 7.34. The second-order valence-electron chi connectivity index (χ2n) is 6.90. The van der Waals surface area contributed by atoms with Gasteiger partial charge in [-0.1, -0.05) is 0 Å². The van der Waals surface area contributed by atoms with E-state index in [0.717, 1.165) is 30.3 Å². The Bertz CT molecular complexity index is 944. The van der Waals surface area contributed by atoms with Crippen molar-refractivity contribution in [3.05, 3.63) is 42.1 Å². The molecule has 3 N–H and O–H groups in total. The van der Waals surface area contributed by atoms with Crippen molar-refractivity contribution in [1.29, 1.82) is 0 Å². The molecule has 1 fully saturated rings. The lowest BCUT2D eigenvalue weighted by Gasteiger charge is -2.34. The van der Waals surface area contributed by atoms with E-state index in [-0.39, 0.29) is 35.8 Å². The molecule has 1 aromatic carbocycles. The van der Waals surface area contributed by atoms with Crippen molar-refractivity contribution in [2.75, 3.05) is 18.0 Å². The average molecular weight is 480 g/mol. The summed E-state index contributed by atoms with van der Waals surface area (Å²) >= 11 is 4.79. The first kappa shape index (κ1) is 23.7. The number of thiocarbonyl (C=S) groups is 1. The normalized spacial score (nSPS) is 15.4. The van der Waals surface area contributed by atoms with Crippen molar-refractivity contribution in [1.82, 2.24) is 10.3 Å². The van der Waals surface area contributed by atoms with Crippen molar-refractivity contribution in [3.8, 4) is 17.2 Å². The molecular weight excluding hydrogens is 462 g/mol. The van der Waals surface area contributed by atoms with Gasteiger partial charge in [0.25, 0.3) is 0 Å². The number of rotatable bonds is 5. The van der Waals surface area contributed by atoms with Crippen LogP contribution in [0, 0.1) is 0 Å². The van der Waals surface area contributed by atoms with Gasteiger partial charge >= 0.3 is 12.5 Å². The number of halogens is 6. The fourth-order valence-corrected chi connectivity index (χ4v) is 3.46. The molecular formula is C19H18F6N4O2S. The SMILES string of the molecule is NC(=S)NC1CCN(c2nccc(Oc3ccc(OC(F)(F)F)cc3)c2C(F)(F)F)CC1. The molecule has 0 radical (unpaired) electrons. The number of nitrogens with zero attached hydrogens (tertiary/aromatic N) is 2. The van der Waals surface area contributed by atoms with Gasteiger partial charge in [-0.3, -0.25) is 0 Å². The summed E-state index contributed by atoms with van der Waals surface area (Å²) in [6.45, 7) is 0.562. The Hall–Kier alpha value is -2.96. The summed E-state index contributed by atoms with van der Waals surface area (Å²) in [6, 6.07) is 5.04. The number of benzene rings is 1. The largest absolute Gasteiger partial charge is 0.573 e. The first-order valence-electron chi connectivity index (χ1n) is 9.33. The smallest absolute Gasteiger partial charge is 0.457 e. The van der Waals surface area contributed by atoms with Crippen LogP contribution in [0.3, 0.4) is 0 Å². The lowest BCUT2D eigenvalue weighted by atomic mass is 10.0. The van der Waals surface area contributed by atoms with Gasteiger partial charge in [-0.15, -0.1) is 13.2 Å². The van der Waals surface area contributed by atoms with Gasteiger partial charge in [0.2, 0.25) is 0 Å². The standard InChI is InChI=1S/C19H18F6N4O2S/c20-18(21,22)15-14(30-12-1-3-13(4-2-12)31-19(23,24)25)5-8-27-16(15)29-9-6-11(7-10-29)28-17(26)32/h1-5,8,11H,6-7,9-10H2,(H3,26,28,32). The van der Waals surface area contributed by atoms with Crippen LogP contribution in [0.1, 0.15) is 18.4 Å². The lowest BCUT2D eigenvalue weighted by molar-refractivity contribution is -0.274. The van der Waals surface area contributed by atoms with Crippen LogP contribution in [0.4, 0.5) is 32.2 Å². The molecule has 1 aromatic heterocycles. The lowest BCUT2D eigenvalue weighted by Crippen LogP contribution is -2.46. The van der Waals surface area contributed by atoms with Gasteiger partial charge in [-0.25, -0.2) is 4.98 Å². The fourth-order valence-electron chi connectivity index (χ4n) is 3.30. The Morgan fingerprint density at radius 1 is 1.03 bits per heavy atom. The molecule has 0 bridgehead atoms. The summed E-state index contributed by atoms with van der Waals surface area (Å²) < 4.78 is 87.7. The molecule has 32 heavy (non-hydrogen) atoms. The zero-order chi connectivity index (χ0) is 23.5. The van der Waals surface area contributed by atoms with Gasteiger partial charge in [0.05, 0.1) is 0 Å². The molecule has 2 aromatic rings. The zero-order valence-corrected chi connectivity index (χ0v) is 17.2. The predicted octanol–water partition coefficient (Wildman–Crippen LogP) is 4.59. The second kappa shape index (κ2) is 9.27. The monoisotopic (exact) mass is 480 g/mol. The highest BCUT2D eigenvalue weighted by atomic mass is 32.1. The fraction of sp³-hybridized carbons (Fsp3) is 0.368. The number of hydrogen-bond donors (Lipinski definition) is 2. The van der Waals surface area contributed by atoms with Crippen LogP contribution in [-0.4, -0.2) is 35.6 Å². The van der Waals surface area contributed by atoms with Crippen LogP contribution in [0.5, 0.6) is 17.2 Å². The number of nitrogens with two attached hydrogens (primary N) is 1. The van der Waals surface area contributed by atoms with Crippen LogP contribution in [-0.2, 0) is 6.18 Å². The third-order valence-electron chi connectivity index (χ3n) is 4.60. The molecule has 0 spiro atoms. The van der Waals surface area contributed by atoms with Gasteiger partial charge < -0.3 is 25.4 Å². The summed E-state index contributed by atoms with van der Waals surface area (Å²) in [7, 11) is 0. The van der Waals surface area contributed by atoms with Crippen LogP contribution < -0.4 is 25.4 Å². The number of hydrogen-bond acceptors (Lipinski definition) is 5. The molecule has 1 aliphatic heterocycles. The van der Waals surface area contributed by atoms with Gasteiger partial charge in [0.15, 0.2) is 5.11 Å². The van der Waals surface area contributed by atoms with Crippen LogP contribution >= 0.6 is 12.2 Å². The van der Waals surface area contributed by atoms with Crippen molar-refractivity contribution >= 4 is 23.1 Å². The van der Waals surface area contributed by atoms with Crippen LogP contribution in [0.15, 0.2) is 36.5 Å². The van der Waals surface area contributed by atoms with Gasteiger partial charge in [0.1, 0.15) is 28.6 Å². The highest BCUT2D eigenvalue weighted by molar-refractivity contribution is 7.80. The molecule has 2 heterocycles. The summed E-state index contributed by atoms with van der Waals surface area (Å²) in [5.74, 6) is -1.43. The minimum Gasteiger partial charge on any atom is -0.457 e. The van der Waals surface area contributed by atoms with E-state index in [1.165, 1.54) is 11.1 Å². The maximum atomic E-state index is 13.9. The van der Waals surface area contributed by atoms with Crippen LogP contribution in [0.2, 0.25) is 0 Å². The highest BCUT2D eigenvalue weighted by Crippen LogP contribution is 2.43. The van der Waals surface area contributed by atoms with E-state index >= 15 is 0 Å². The van der Waals surface area contributed by atoms with Gasteiger partial charge in [-0.2, -0.15) is 13.2 Å². The Balaban J connectivity index is 1.83. The maximum Gasteiger partial charge on any atom is 0.573 e. The van der Waals surface area contributed by atoms with E-state index in [0.29, 0.717) is 12.8 Å². The third kappa shape index (κ3) is 6.28. The maximum absolute atomic E-state index is 13.9. The van der Waals surface area contributed by atoms with Crippen LogP contribution in [0.25, 0.3) is 0 Å². The van der Waals surface area contributed by atoms with E-state index in [1.807, 2.05) is 0 Å². The summed E-state index contributed by atoms with van der Waals surface area (Å²) in [4.78, 5) is 5.42. The molecule has 1 aliphatic rings. The average Bonchev–Trinajstić information content (AvgIpc) is 2.67. The third-order valence-corrected chi connectivity index (χ3v) is 4.72. The Kier molecular flexibility index (Phi) is 6.86. The van der Waals surface area contributed by atoms with Crippen molar-refractivity contribution in [2.45, 2.75) is 31.4 Å². The van der Waals surface area contributed by atoms with E-state index in [9.17, 15) is 26.3 Å². The zero-order valence-electron chi connectivity index (χ0n) is 16.3. The first-order chi connectivity index (χ1) is 14.9. The number of piperidine rings is 1. The van der Waals surface area contributed by atoms with Crippen molar-refractivity contribution in [3.63, 3.8) is 0 Å². The predicted molar refractivity (Wildman–Crippen MR) is 108 cm³/mol. The molecule has 0 saturated carbocycles. The first-order valence-corrected chi connectivity index (χ1v) is 9.74. The van der Waals surface area contributed by atoms with E-state index in [2.05, 4.69) is 15.0 Å². The molecule has 0 unspecified atom stereocenters. The minimum absolute atomic E-state index is 0.0463. The Labute approximate surface area is 184 Å². The molecule has 0 aliphatic carbocycles. The number of nitrogens with one attached hydrogen (secondary N) is 1. The van der Waals surface area contributed by atoms with Crippen molar-refractivity contribution < 1.29 is 35.8 Å². The van der Waals surface area contributed by atoms with E-state index in [4.69, 9.17) is 22.7 Å². The summed E-state index contributed by atoms with van der Waals surface area (Å²) in [5.41, 5.74) is 4.38. The topological polar surface area (TPSA) is 72.6 Å². The molecule has 174 valence electrons. The van der Waals surface area contributed by atoms with Crippen molar-refractivity contribution in [2.24, 2.45) is 5.73 Å². The molecule has 3 rings (SSSR count). The number of alkyl halides is 6. The molecule has 1 saturated heterocycles. The molecule has 0 atom stereocenters. The molecule has 13 heteroatoms. The molecule has 6 nitrogen and oxygen atoms in total. The van der Waals surface area contributed by atoms with E-state index < -0.39 is 29.6 Å². The summed E-state index contributed by atoms with van der Waals surface area (Å²) in [6.07, 6.45) is -7.49. The highest BCUT2D eigenvalue weighted by Gasteiger charge is 2.40. The number of pyridine rings is 1. The summed E-state index contributed by atoms with van der Waals surface area (Å²) in [5, 5.41) is 3.02. The minimum atomic E-state index is -4.89. The number of ether oxygens (including phenoxy) is 2. The number of anilines is 1.